The summed E-state index contributed by atoms with van der Waals surface area (Å²) in [5.74, 6) is -12.1. The van der Waals surface area contributed by atoms with Crippen LogP contribution in [0.1, 0.15) is 66.7 Å². The van der Waals surface area contributed by atoms with Crippen molar-refractivity contribution >= 4 is 65.2 Å². The fourth-order valence-corrected chi connectivity index (χ4v) is 7.35. The first-order chi connectivity index (χ1) is 35.1. The summed E-state index contributed by atoms with van der Waals surface area (Å²) in [6, 6.07) is -12.5. The molecule has 2 fully saturated rings. The second kappa shape index (κ2) is 30.9. The number of carbonyl (C=O) groups excluding carboxylic acids is 8. The topological polar surface area (TPSA) is 529 Å². The highest BCUT2D eigenvalue weighted by Gasteiger charge is 2.53. The summed E-state index contributed by atoms with van der Waals surface area (Å²) < 4.78 is 23.1. The molecule has 0 saturated carbocycles. The molecule has 0 aromatic heterocycles. The van der Waals surface area contributed by atoms with E-state index in [9.17, 15) is 93.6 Å². The number of nitrogens with one attached hydrogen (secondary N) is 8. The van der Waals surface area contributed by atoms with Crippen LogP contribution in [-0.4, -0.2) is 241 Å². The third-order valence-electron chi connectivity index (χ3n) is 11.4. The number of aliphatic hydroxyl groups excluding tert-OH is 6. The molecule has 0 radical (unpaired) electrons. The van der Waals surface area contributed by atoms with Crippen LogP contribution >= 0.6 is 0 Å². The SMILES string of the molecule is CC(=O)NC1C(OC2C(CO)OC(O)C(NC(C)=O)C2OC(C)C(=O)NC(C)C(=O)NC(CCC(=O)NC(CCCNC(=O)C(CO)NC(=O)C(N)CC(=O)O)C(=O)NC(C)C(=O)O)C(=O)O)OC(CO)C(O)C1O. The fourth-order valence-electron chi connectivity index (χ4n) is 7.35. The van der Waals surface area contributed by atoms with Crippen molar-refractivity contribution in [2.24, 2.45) is 5.73 Å². The molecule has 0 bridgehead atoms. The molecule has 17 unspecified atom stereocenters. The summed E-state index contributed by atoms with van der Waals surface area (Å²) in [5.41, 5.74) is 5.47. The predicted molar refractivity (Wildman–Crippen MR) is 245 cm³/mol. The van der Waals surface area contributed by atoms with Gasteiger partial charge in [-0.3, -0.25) is 47.9 Å². The van der Waals surface area contributed by atoms with Crippen molar-refractivity contribution in [3.63, 3.8) is 0 Å². The molecule has 33 nitrogen and oxygen atoms in total. The van der Waals surface area contributed by atoms with Crippen LogP contribution in [0, 0.1) is 0 Å². The molecular formula is C42H69N9O24. The van der Waals surface area contributed by atoms with Crippen LogP contribution in [0.25, 0.3) is 0 Å². The highest BCUT2D eigenvalue weighted by atomic mass is 16.7. The molecule has 426 valence electrons. The Morgan fingerprint density at radius 2 is 1.20 bits per heavy atom. The summed E-state index contributed by atoms with van der Waals surface area (Å²) in [7, 11) is 0. The summed E-state index contributed by atoms with van der Waals surface area (Å²) in [5, 5.41) is 108. The Balaban J connectivity index is 2.17. The summed E-state index contributed by atoms with van der Waals surface area (Å²) in [4.78, 5) is 136. The van der Waals surface area contributed by atoms with Gasteiger partial charge in [-0.2, -0.15) is 0 Å². The first-order valence-corrected chi connectivity index (χ1v) is 23.3. The Labute approximate surface area is 427 Å². The van der Waals surface area contributed by atoms with Crippen LogP contribution in [0.2, 0.25) is 0 Å². The van der Waals surface area contributed by atoms with Crippen LogP contribution in [0.4, 0.5) is 0 Å². The minimum atomic E-state index is -1.93. The van der Waals surface area contributed by atoms with Crippen molar-refractivity contribution in [3.8, 4) is 0 Å². The van der Waals surface area contributed by atoms with Crippen LogP contribution < -0.4 is 48.3 Å². The van der Waals surface area contributed by atoms with Gasteiger partial charge >= 0.3 is 17.9 Å². The van der Waals surface area contributed by atoms with E-state index in [0.717, 1.165) is 34.6 Å². The minimum Gasteiger partial charge on any atom is -0.481 e. The highest BCUT2D eigenvalue weighted by molar-refractivity contribution is 5.93. The molecule has 0 aromatic rings. The zero-order valence-electron chi connectivity index (χ0n) is 41.4. The van der Waals surface area contributed by atoms with Crippen molar-refractivity contribution in [1.29, 1.82) is 0 Å². The van der Waals surface area contributed by atoms with E-state index in [1.807, 2.05) is 0 Å². The molecule has 2 aliphatic heterocycles. The van der Waals surface area contributed by atoms with Crippen LogP contribution in [0.15, 0.2) is 0 Å². The van der Waals surface area contributed by atoms with Gasteiger partial charge in [-0.25, -0.2) is 4.79 Å². The van der Waals surface area contributed by atoms with E-state index < -0.39 is 208 Å². The molecule has 0 aromatic carbocycles. The number of aliphatic carboxylic acids is 3. The smallest absolute Gasteiger partial charge is 0.326 e. The van der Waals surface area contributed by atoms with Gasteiger partial charge in [0.05, 0.1) is 32.3 Å². The number of hydrogen-bond acceptors (Lipinski definition) is 22. The summed E-state index contributed by atoms with van der Waals surface area (Å²) in [6.07, 6.45) is -17.6. The zero-order chi connectivity index (χ0) is 57.0. The lowest BCUT2D eigenvalue weighted by Crippen LogP contribution is -2.70. The number of ether oxygens (including phenoxy) is 4. The quantitative estimate of drug-likeness (QED) is 0.0297. The number of rotatable bonds is 30. The van der Waals surface area contributed by atoms with Gasteiger partial charge in [0.15, 0.2) is 12.6 Å². The largest absolute Gasteiger partial charge is 0.481 e. The average molecular weight is 1080 g/mol. The molecule has 19 N–H and O–H groups in total. The first-order valence-electron chi connectivity index (χ1n) is 23.3. The highest BCUT2D eigenvalue weighted by Crippen LogP contribution is 2.31. The van der Waals surface area contributed by atoms with Gasteiger partial charge in [0.2, 0.25) is 47.3 Å². The number of carboxylic acid groups (broad SMARTS) is 3. The van der Waals surface area contributed by atoms with Gasteiger partial charge in [-0.15, -0.1) is 0 Å². The van der Waals surface area contributed by atoms with E-state index in [0.29, 0.717) is 0 Å². The zero-order valence-corrected chi connectivity index (χ0v) is 41.4. The lowest BCUT2D eigenvalue weighted by Gasteiger charge is -2.48. The van der Waals surface area contributed by atoms with E-state index in [2.05, 4.69) is 42.5 Å². The van der Waals surface area contributed by atoms with Crippen molar-refractivity contribution in [2.45, 2.75) is 170 Å². The van der Waals surface area contributed by atoms with E-state index in [1.165, 1.54) is 0 Å². The van der Waals surface area contributed by atoms with Gasteiger partial charge < -0.3 is 113 Å². The van der Waals surface area contributed by atoms with Gasteiger partial charge in [-0.1, -0.05) is 0 Å². The number of hydrogen-bond donors (Lipinski definition) is 18. The average Bonchev–Trinajstić information content (AvgIpc) is 3.33. The number of nitrogens with two attached hydrogens (primary N) is 1. The number of carboxylic acids is 3. The monoisotopic (exact) mass is 1080 g/mol. The van der Waals surface area contributed by atoms with Gasteiger partial charge in [0.25, 0.3) is 0 Å². The molecule has 8 amide bonds. The van der Waals surface area contributed by atoms with Crippen LogP contribution in [-0.2, 0) is 71.7 Å². The Kier molecular flexibility index (Phi) is 26.8. The minimum absolute atomic E-state index is 0.0972. The van der Waals surface area contributed by atoms with E-state index >= 15 is 0 Å². The molecule has 2 saturated heterocycles. The van der Waals surface area contributed by atoms with Crippen molar-refractivity contribution in [2.75, 3.05) is 26.4 Å². The Hall–Kier alpha value is -6.27. The summed E-state index contributed by atoms with van der Waals surface area (Å²) >= 11 is 0. The molecule has 2 heterocycles. The standard InChI is InChI=1S/C42H69N9O24/c1-15(45-35(63)17(3)72-33-29(48-19(5)56)41(71)73-25(14-54)32(33)75-42-28(47-18(4)55)31(61)30(60)24(13-53)74-42)34(62)50-22(40(69)70)8-9-26(57)49-21(38(66)46-16(2)39(67)68)7-6-10-44-37(65)23(12-52)51-36(64)20(43)11-27(58)59/h15-17,20-25,28-33,41-42,52-54,60-61,71H,6-14,43H2,1-5H3,(H,44,65)(H,45,63)(H,46,66)(H,47,55)(H,48,56)(H,49,57)(H,50,62)(H,51,64)(H,58,59)(H,67,68)(H,69,70). The first kappa shape index (κ1) is 64.8. The Morgan fingerprint density at radius 1 is 0.613 bits per heavy atom. The third-order valence-corrected chi connectivity index (χ3v) is 11.4. The Morgan fingerprint density at radius 3 is 1.75 bits per heavy atom. The molecule has 0 spiro atoms. The Bertz CT molecular complexity index is 2020. The maximum absolute atomic E-state index is 13.5. The second-order valence-corrected chi connectivity index (χ2v) is 17.5. The van der Waals surface area contributed by atoms with Crippen LogP contribution in [0.3, 0.4) is 0 Å². The number of amides is 8. The lowest BCUT2D eigenvalue weighted by atomic mass is 9.94. The molecule has 2 aliphatic rings. The molecular weight excluding hydrogens is 1010 g/mol. The van der Waals surface area contributed by atoms with Gasteiger partial charge in [0, 0.05) is 26.8 Å². The van der Waals surface area contributed by atoms with Crippen LogP contribution in [0.5, 0.6) is 0 Å². The molecule has 2 rings (SSSR count). The van der Waals surface area contributed by atoms with Crippen molar-refractivity contribution in [1.82, 2.24) is 42.5 Å². The molecule has 17 atom stereocenters. The maximum Gasteiger partial charge on any atom is 0.326 e. The van der Waals surface area contributed by atoms with E-state index in [-0.39, 0.29) is 19.4 Å². The number of carbonyl (C=O) groups is 11. The predicted octanol–water partition coefficient (Wildman–Crippen LogP) is -9.59. The normalized spacial score (nSPS) is 26.2. The lowest BCUT2D eigenvalue weighted by molar-refractivity contribution is -0.333. The maximum atomic E-state index is 13.5. The molecule has 75 heavy (non-hydrogen) atoms. The number of aliphatic hydroxyl groups is 6. The second-order valence-electron chi connectivity index (χ2n) is 17.5. The van der Waals surface area contributed by atoms with E-state index in [4.69, 9.17) is 29.8 Å². The third kappa shape index (κ3) is 20.4. The van der Waals surface area contributed by atoms with Crippen molar-refractivity contribution < 1.29 is 118 Å². The van der Waals surface area contributed by atoms with Gasteiger partial charge in [-0.05, 0) is 40.0 Å². The van der Waals surface area contributed by atoms with Crippen molar-refractivity contribution in [3.05, 3.63) is 0 Å². The molecule has 0 aliphatic carbocycles. The summed E-state index contributed by atoms with van der Waals surface area (Å²) in [6.45, 7) is 2.61. The van der Waals surface area contributed by atoms with Gasteiger partial charge in [0.1, 0.15) is 85.0 Å². The fraction of sp³-hybridized carbons (Fsp3) is 0.738. The molecule has 33 heteroatoms. The van der Waals surface area contributed by atoms with E-state index in [1.54, 1.807) is 0 Å².